The molecule has 0 bridgehead atoms. The number of thioether (sulfide) groups is 1. The minimum Gasteiger partial charge on any atom is -0.326 e. The summed E-state index contributed by atoms with van der Waals surface area (Å²) in [6.07, 6.45) is 4.10. The Balaban J connectivity index is 1.53. The highest BCUT2D eigenvalue weighted by molar-refractivity contribution is 7.99. The van der Waals surface area contributed by atoms with Gasteiger partial charge in [-0.1, -0.05) is 23.4 Å². The SMILES string of the molecule is O=C(CC1CSc2nc3c(c(=O)n21)CCCC3)Nc1ccc(Cl)cc1. The summed E-state index contributed by atoms with van der Waals surface area (Å²) < 4.78 is 1.73. The molecule has 1 aromatic heterocycles. The van der Waals surface area contributed by atoms with E-state index in [1.807, 2.05) is 0 Å². The van der Waals surface area contributed by atoms with Crippen LogP contribution in [0.4, 0.5) is 5.69 Å². The summed E-state index contributed by atoms with van der Waals surface area (Å²) in [5.41, 5.74) is 2.56. The number of aromatic nitrogens is 2. The third-order valence-electron chi connectivity index (χ3n) is 4.67. The van der Waals surface area contributed by atoms with E-state index >= 15 is 0 Å². The quantitative estimate of drug-likeness (QED) is 0.834. The van der Waals surface area contributed by atoms with E-state index in [1.54, 1.807) is 40.6 Å². The third kappa shape index (κ3) is 3.33. The second-order valence-electron chi connectivity index (χ2n) is 6.43. The van der Waals surface area contributed by atoms with Gasteiger partial charge in [-0.15, -0.1) is 0 Å². The molecule has 1 amide bonds. The van der Waals surface area contributed by atoms with E-state index in [2.05, 4.69) is 10.3 Å². The predicted molar refractivity (Wildman–Crippen MR) is 99.6 cm³/mol. The van der Waals surface area contributed by atoms with Crippen LogP contribution in [0.25, 0.3) is 0 Å². The van der Waals surface area contributed by atoms with Gasteiger partial charge in [-0.3, -0.25) is 14.2 Å². The fourth-order valence-electron chi connectivity index (χ4n) is 3.42. The molecule has 25 heavy (non-hydrogen) atoms. The van der Waals surface area contributed by atoms with Gasteiger partial charge in [0.05, 0.1) is 11.7 Å². The van der Waals surface area contributed by atoms with Crippen molar-refractivity contribution in [2.75, 3.05) is 11.1 Å². The largest absolute Gasteiger partial charge is 0.326 e. The van der Waals surface area contributed by atoms with Crippen LogP contribution in [0.1, 0.15) is 36.6 Å². The maximum absolute atomic E-state index is 12.9. The number of anilines is 1. The highest BCUT2D eigenvalue weighted by Crippen LogP contribution is 2.34. The van der Waals surface area contributed by atoms with Crippen LogP contribution in [0.2, 0.25) is 5.02 Å². The van der Waals surface area contributed by atoms with Crippen LogP contribution in [-0.4, -0.2) is 21.2 Å². The van der Waals surface area contributed by atoms with E-state index < -0.39 is 0 Å². The summed E-state index contributed by atoms with van der Waals surface area (Å²) in [7, 11) is 0. The maximum Gasteiger partial charge on any atom is 0.257 e. The van der Waals surface area contributed by atoms with Gasteiger partial charge in [0.2, 0.25) is 5.91 Å². The lowest BCUT2D eigenvalue weighted by atomic mass is 9.97. The molecule has 1 unspecified atom stereocenters. The van der Waals surface area contributed by atoms with E-state index in [1.165, 1.54) is 0 Å². The number of carbonyl (C=O) groups is 1. The standard InChI is InChI=1S/C18H18ClN3O2S/c19-11-5-7-12(8-6-11)20-16(23)9-13-10-25-18-21-15-4-2-1-3-14(15)17(24)22(13)18/h5-8,13H,1-4,9-10H2,(H,20,23). The van der Waals surface area contributed by atoms with Gasteiger partial charge in [-0.2, -0.15) is 0 Å². The summed E-state index contributed by atoms with van der Waals surface area (Å²) in [5, 5.41) is 4.25. The van der Waals surface area contributed by atoms with Crippen molar-refractivity contribution in [2.24, 2.45) is 0 Å². The van der Waals surface area contributed by atoms with E-state index in [-0.39, 0.29) is 23.9 Å². The van der Waals surface area contributed by atoms with E-state index in [0.29, 0.717) is 16.5 Å². The monoisotopic (exact) mass is 375 g/mol. The summed E-state index contributed by atoms with van der Waals surface area (Å²) in [6.45, 7) is 0. The molecule has 0 saturated carbocycles. The Morgan fingerprint density at radius 3 is 2.84 bits per heavy atom. The van der Waals surface area contributed by atoms with Crippen molar-refractivity contribution in [2.45, 2.75) is 43.3 Å². The number of rotatable bonds is 3. The van der Waals surface area contributed by atoms with Crippen molar-refractivity contribution < 1.29 is 4.79 Å². The lowest BCUT2D eigenvalue weighted by Crippen LogP contribution is -2.32. The fraction of sp³-hybridized carbons (Fsp3) is 0.389. The van der Waals surface area contributed by atoms with Crippen molar-refractivity contribution in [1.82, 2.24) is 9.55 Å². The Kier molecular flexibility index (Phi) is 4.56. The van der Waals surface area contributed by atoms with Gasteiger partial charge in [-0.05, 0) is 49.9 Å². The minimum absolute atomic E-state index is 0.0500. The molecule has 1 aromatic carbocycles. The average Bonchev–Trinajstić information content (AvgIpc) is 3.00. The first-order valence-electron chi connectivity index (χ1n) is 8.44. The highest BCUT2D eigenvalue weighted by atomic mass is 35.5. The molecule has 2 aromatic rings. The number of carbonyl (C=O) groups excluding carboxylic acids is 1. The molecule has 0 fully saturated rings. The number of benzene rings is 1. The number of hydrogen-bond donors (Lipinski definition) is 1. The summed E-state index contributed by atoms with van der Waals surface area (Å²) >= 11 is 7.42. The summed E-state index contributed by atoms with van der Waals surface area (Å²) in [6, 6.07) is 6.86. The molecule has 0 radical (unpaired) electrons. The van der Waals surface area contributed by atoms with Crippen LogP contribution >= 0.6 is 23.4 Å². The molecule has 0 spiro atoms. The molecular formula is C18H18ClN3O2S. The van der Waals surface area contributed by atoms with Crippen molar-refractivity contribution in [3.8, 4) is 0 Å². The van der Waals surface area contributed by atoms with Crippen molar-refractivity contribution in [1.29, 1.82) is 0 Å². The normalized spacial score (nSPS) is 18.5. The summed E-state index contributed by atoms with van der Waals surface area (Å²) in [5.74, 6) is 0.601. The molecule has 1 aliphatic carbocycles. The number of hydrogen-bond acceptors (Lipinski definition) is 4. The third-order valence-corrected chi connectivity index (χ3v) is 6.02. The van der Waals surface area contributed by atoms with Crippen LogP contribution in [0.5, 0.6) is 0 Å². The lowest BCUT2D eigenvalue weighted by Gasteiger charge is -2.18. The van der Waals surface area contributed by atoms with E-state index in [4.69, 9.17) is 11.6 Å². The highest BCUT2D eigenvalue weighted by Gasteiger charge is 2.30. The van der Waals surface area contributed by atoms with Crippen LogP contribution < -0.4 is 10.9 Å². The zero-order valence-corrected chi connectivity index (χ0v) is 15.2. The Morgan fingerprint density at radius 1 is 1.28 bits per heavy atom. The molecule has 130 valence electrons. The Morgan fingerprint density at radius 2 is 2.04 bits per heavy atom. The van der Waals surface area contributed by atoms with Crippen LogP contribution in [-0.2, 0) is 17.6 Å². The molecule has 5 nitrogen and oxygen atoms in total. The van der Waals surface area contributed by atoms with E-state index in [0.717, 1.165) is 42.1 Å². The molecule has 2 heterocycles. The predicted octanol–water partition coefficient (Wildman–Crippen LogP) is 3.45. The van der Waals surface area contributed by atoms with E-state index in [9.17, 15) is 9.59 Å². The molecule has 7 heteroatoms. The average molecular weight is 376 g/mol. The minimum atomic E-state index is -0.139. The fourth-order valence-corrected chi connectivity index (χ4v) is 4.70. The van der Waals surface area contributed by atoms with Crippen molar-refractivity contribution in [3.63, 3.8) is 0 Å². The number of halogens is 1. The zero-order chi connectivity index (χ0) is 17.4. The van der Waals surface area contributed by atoms with Crippen LogP contribution in [0, 0.1) is 0 Å². The molecule has 4 rings (SSSR count). The topological polar surface area (TPSA) is 64.0 Å². The maximum atomic E-state index is 12.9. The van der Waals surface area contributed by atoms with Crippen molar-refractivity contribution >= 4 is 35.0 Å². The Hall–Kier alpha value is -1.79. The van der Waals surface area contributed by atoms with Gasteiger partial charge >= 0.3 is 0 Å². The van der Waals surface area contributed by atoms with Gasteiger partial charge < -0.3 is 5.32 Å². The Bertz CT molecular complexity index is 879. The van der Waals surface area contributed by atoms with Crippen LogP contribution in [0.15, 0.2) is 34.2 Å². The molecule has 1 aliphatic heterocycles. The molecule has 1 N–H and O–H groups in total. The van der Waals surface area contributed by atoms with Gasteiger partial charge in [0.25, 0.3) is 5.56 Å². The number of nitrogens with zero attached hydrogens (tertiary/aromatic N) is 2. The smallest absolute Gasteiger partial charge is 0.257 e. The molecule has 2 aliphatic rings. The second-order valence-corrected chi connectivity index (χ2v) is 7.85. The van der Waals surface area contributed by atoms with Gasteiger partial charge in [0.1, 0.15) is 0 Å². The zero-order valence-electron chi connectivity index (χ0n) is 13.6. The number of nitrogens with one attached hydrogen (secondary N) is 1. The molecule has 1 atom stereocenters. The lowest BCUT2D eigenvalue weighted by molar-refractivity contribution is -0.116. The molecular weight excluding hydrogens is 358 g/mol. The van der Waals surface area contributed by atoms with Crippen molar-refractivity contribution in [3.05, 3.63) is 50.9 Å². The second kappa shape index (κ2) is 6.84. The number of amides is 1. The number of fused-ring (bicyclic) bond motifs is 2. The van der Waals surface area contributed by atoms with Crippen LogP contribution in [0.3, 0.4) is 0 Å². The first kappa shape index (κ1) is 16.7. The molecule has 0 saturated heterocycles. The number of aryl methyl sites for hydroxylation is 1. The first-order chi connectivity index (χ1) is 12.1. The summed E-state index contributed by atoms with van der Waals surface area (Å²) in [4.78, 5) is 29.9. The van der Waals surface area contributed by atoms with Gasteiger partial charge in [-0.25, -0.2) is 4.98 Å². The first-order valence-corrected chi connectivity index (χ1v) is 9.80. The Labute approximate surface area is 154 Å². The van der Waals surface area contributed by atoms with Gasteiger partial charge in [0, 0.05) is 28.4 Å². The van der Waals surface area contributed by atoms with Gasteiger partial charge in [0.15, 0.2) is 5.16 Å².